The standard InChI is InChI=1S/C21H24N2O4/c1-13(2)7-18(21(25)26)12-23-20(24)17-9-16(10-22-11-17)14-3-4-19-15(8-14)5-6-27-19/h3-4,8-11,13,18H,5-7,12H2,1-2H3,(H,23,24)(H,25,26). The number of benzene rings is 1. The average Bonchev–Trinajstić information content (AvgIpc) is 3.12. The number of nitrogens with zero attached hydrogens (tertiary/aromatic N) is 1. The number of nitrogens with one attached hydrogen (secondary N) is 1. The van der Waals surface area contributed by atoms with E-state index in [4.69, 9.17) is 4.74 Å². The van der Waals surface area contributed by atoms with Crippen LogP contribution in [0.4, 0.5) is 0 Å². The number of hydrogen-bond acceptors (Lipinski definition) is 4. The summed E-state index contributed by atoms with van der Waals surface area (Å²) in [7, 11) is 0. The summed E-state index contributed by atoms with van der Waals surface area (Å²) in [4.78, 5) is 28.0. The topological polar surface area (TPSA) is 88.5 Å². The Labute approximate surface area is 158 Å². The van der Waals surface area contributed by atoms with Crippen LogP contribution in [0.3, 0.4) is 0 Å². The number of pyridine rings is 1. The predicted molar refractivity (Wildman–Crippen MR) is 102 cm³/mol. The molecule has 0 saturated heterocycles. The highest BCUT2D eigenvalue weighted by atomic mass is 16.5. The fourth-order valence-electron chi connectivity index (χ4n) is 3.25. The van der Waals surface area contributed by atoms with Crippen LogP contribution in [-0.2, 0) is 11.2 Å². The van der Waals surface area contributed by atoms with E-state index in [-0.39, 0.29) is 18.4 Å². The van der Waals surface area contributed by atoms with E-state index >= 15 is 0 Å². The molecule has 0 fully saturated rings. The molecule has 0 aliphatic carbocycles. The zero-order chi connectivity index (χ0) is 19.4. The summed E-state index contributed by atoms with van der Waals surface area (Å²) in [6.07, 6.45) is 4.61. The highest BCUT2D eigenvalue weighted by Gasteiger charge is 2.20. The van der Waals surface area contributed by atoms with Crippen molar-refractivity contribution in [2.24, 2.45) is 11.8 Å². The van der Waals surface area contributed by atoms with Crippen LogP contribution in [0.1, 0.15) is 36.2 Å². The van der Waals surface area contributed by atoms with Crippen LogP contribution in [0.2, 0.25) is 0 Å². The van der Waals surface area contributed by atoms with Crippen molar-refractivity contribution in [2.45, 2.75) is 26.7 Å². The van der Waals surface area contributed by atoms with E-state index in [0.717, 1.165) is 28.9 Å². The molecule has 1 aromatic heterocycles. The van der Waals surface area contributed by atoms with Gasteiger partial charge in [-0.25, -0.2) is 0 Å². The first-order valence-electron chi connectivity index (χ1n) is 9.16. The van der Waals surface area contributed by atoms with Crippen molar-refractivity contribution in [1.29, 1.82) is 0 Å². The van der Waals surface area contributed by atoms with Gasteiger partial charge in [0.1, 0.15) is 5.75 Å². The molecule has 1 amide bonds. The van der Waals surface area contributed by atoms with Crippen molar-refractivity contribution in [3.63, 3.8) is 0 Å². The van der Waals surface area contributed by atoms with E-state index < -0.39 is 11.9 Å². The number of rotatable bonds is 7. The van der Waals surface area contributed by atoms with E-state index in [2.05, 4.69) is 16.4 Å². The number of hydrogen-bond donors (Lipinski definition) is 2. The molecule has 6 heteroatoms. The SMILES string of the molecule is CC(C)CC(CNC(=O)c1cncc(-c2ccc3c(c2)CCO3)c1)C(=O)O. The Balaban J connectivity index is 1.71. The lowest BCUT2D eigenvalue weighted by Gasteiger charge is -2.15. The molecule has 142 valence electrons. The van der Waals surface area contributed by atoms with Crippen molar-refractivity contribution >= 4 is 11.9 Å². The molecule has 3 rings (SSSR count). The van der Waals surface area contributed by atoms with Crippen LogP contribution >= 0.6 is 0 Å². The summed E-state index contributed by atoms with van der Waals surface area (Å²) >= 11 is 0. The maximum atomic E-state index is 12.5. The first-order valence-corrected chi connectivity index (χ1v) is 9.16. The molecule has 27 heavy (non-hydrogen) atoms. The van der Waals surface area contributed by atoms with Crippen molar-refractivity contribution < 1.29 is 19.4 Å². The van der Waals surface area contributed by atoms with Crippen LogP contribution in [0.25, 0.3) is 11.1 Å². The predicted octanol–water partition coefficient (Wildman–Crippen LogP) is 3.16. The van der Waals surface area contributed by atoms with Gasteiger partial charge < -0.3 is 15.2 Å². The molecule has 1 aliphatic heterocycles. The van der Waals surface area contributed by atoms with E-state index in [1.165, 1.54) is 6.20 Å². The lowest BCUT2D eigenvalue weighted by Crippen LogP contribution is -2.33. The molecule has 6 nitrogen and oxygen atoms in total. The van der Waals surface area contributed by atoms with Crippen LogP contribution in [-0.4, -0.2) is 35.1 Å². The lowest BCUT2D eigenvalue weighted by molar-refractivity contribution is -0.142. The molecule has 2 N–H and O–H groups in total. The number of aliphatic carboxylic acids is 1. The summed E-state index contributed by atoms with van der Waals surface area (Å²) in [5.41, 5.74) is 3.39. The Hall–Kier alpha value is -2.89. The first-order chi connectivity index (χ1) is 12.9. The van der Waals surface area contributed by atoms with Gasteiger partial charge in [-0.15, -0.1) is 0 Å². The fourth-order valence-corrected chi connectivity index (χ4v) is 3.25. The lowest BCUT2D eigenvalue weighted by atomic mass is 9.97. The van der Waals surface area contributed by atoms with Gasteiger partial charge in [-0.2, -0.15) is 0 Å². The Kier molecular flexibility index (Phi) is 5.74. The van der Waals surface area contributed by atoms with Crippen LogP contribution < -0.4 is 10.1 Å². The number of carboxylic acid groups (broad SMARTS) is 1. The molecule has 0 spiro atoms. The number of ether oxygens (including phenoxy) is 1. The highest BCUT2D eigenvalue weighted by molar-refractivity contribution is 5.95. The zero-order valence-corrected chi connectivity index (χ0v) is 15.6. The minimum absolute atomic E-state index is 0.104. The minimum atomic E-state index is -0.892. The molecule has 1 atom stereocenters. The number of carbonyl (C=O) groups excluding carboxylic acids is 1. The normalized spacial score (nSPS) is 13.7. The average molecular weight is 368 g/mol. The molecular weight excluding hydrogens is 344 g/mol. The van der Waals surface area contributed by atoms with Gasteiger partial charge in [-0.1, -0.05) is 19.9 Å². The second kappa shape index (κ2) is 8.20. The number of fused-ring (bicyclic) bond motifs is 1. The van der Waals surface area contributed by atoms with E-state index in [1.807, 2.05) is 26.0 Å². The molecule has 2 aromatic rings. The van der Waals surface area contributed by atoms with Gasteiger partial charge >= 0.3 is 5.97 Å². The monoisotopic (exact) mass is 368 g/mol. The molecule has 1 aliphatic rings. The third-order valence-corrected chi connectivity index (χ3v) is 4.64. The molecule has 1 aromatic carbocycles. The van der Waals surface area contributed by atoms with Crippen LogP contribution in [0, 0.1) is 11.8 Å². The molecule has 0 bridgehead atoms. The Bertz CT molecular complexity index is 848. The summed E-state index contributed by atoms with van der Waals surface area (Å²) in [5, 5.41) is 12.0. The molecule has 2 heterocycles. The van der Waals surface area contributed by atoms with Gasteiger partial charge in [0.05, 0.1) is 18.1 Å². The first kappa shape index (κ1) is 18.9. The second-order valence-electron chi connectivity index (χ2n) is 7.26. The Morgan fingerprint density at radius 1 is 1.22 bits per heavy atom. The van der Waals surface area contributed by atoms with Gasteiger partial charge in [0.25, 0.3) is 5.91 Å². The minimum Gasteiger partial charge on any atom is -0.493 e. The summed E-state index contributed by atoms with van der Waals surface area (Å²) < 4.78 is 5.52. The fraction of sp³-hybridized carbons (Fsp3) is 0.381. The Morgan fingerprint density at radius 2 is 2.04 bits per heavy atom. The number of carboxylic acids is 1. The number of aromatic nitrogens is 1. The van der Waals surface area contributed by atoms with E-state index in [9.17, 15) is 14.7 Å². The summed E-state index contributed by atoms with van der Waals surface area (Å²) in [6.45, 7) is 4.73. The molecular formula is C21H24N2O4. The van der Waals surface area contributed by atoms with Gasteiger partial charge in [-0.05, 0) is 41.7 Å². The van der Waals surface area contributed by atoms with Crippen molar-refractivity contribution in [3.8, 4) is 16.9 Å². The summed E-state index contributed by atoms with van der Waals surface area (Å²) in [6, 6.07) is 7.72. The number of amides is 1. The van der Waals surface area contributed by atoms with Crippen molar-refractivity contribution in [2.75, 3.05) is 13.2 Å². The van der Waals surface area contributed by atoms with Crippen molar-refractivity contribution in [1.82, 2.24) is 10.3 Å². The largest absolute Gasteiger partial charge is 0.493 e. The van der Waals surface area contributed by atoms with Gasteiger partial charge in [0.2, 0.25) is 0 Å². The van der Waals surface area contributed by atoms with E-state index in [1.54, 1.807) is 12.3 Å². The summed E-state index contributed by atoms with van der Waals surface area (Å²) in [5.74, 6) is -0.649. The Morgan fingerprint density at radius 3 is 2.78 bits per heavy atom. The second-order valence-corrected chi connectivity index (χ2v) is 7.26. The van der Waals surface area contributed by atoms with E-state index in [0.29, 0.717) is 18.6 Å². The zero-order valence-electron chi connectivity index (χ0n) is 15.6. The van der Waals surface area contributed by atoms with Gasteiger partial charge in [0.15, 0.2) is 0 Å². The van der Waals surface area contributed by atoms with Crippen LogP contribution in [0.15, 0.2) is 36.7 Å². The maximum absolute atomic E-state index is 12.5. The molecule has 0 radical (unpaired) electrons. The van der Waals surface area contributed by atoms with Gasteiger partial charge in [-0.3, -0.25) is 14.6 Å². The third kappa shape index (κ3) is 4.64. The third-order valence-electron chi connectivity index (χ3n) is 4.64. The van der Waals surface area contributed by atoms with Crippen LogP contribution in [0.5, 0.6) is 5.75 Å². The quantitative estimate of drug-likeness (QED) is 0.784. The van der Waals surface area contributed by atoms with Gasteiger partial charge in [0, 0.05) is 30.9 Å². The molecule has 0 saturated carbocycles. The smallest absolute Gasteiger partial charge is 0.308 e. The highest BCUT2D eigenvalue weighted by Crippen LogP contribution is 2.30. The number of carbonyl (C=O) groups is 2. The maximum Gasteiger partial charge on any atom is 0.308 e. The molecule has 1 unspecified atom stereocenters. The van der Waals surface area contributed by atoms with Crippen molar-refractivity contribution in [3.05, 3.63) is 47.8 Å².